The molecular weight excluding hydrogens is 130 g/mol. The van der Waals surface area contributed by atoms with Crippen LogP contribution in [-0.2, 0) is 0 Å². The van der Waals surface area contributed by atoms with Crippen LogP contribution in [0.25, 0.3) is 0 Å². The Morgan fingerprint density at radius 3 is 1.89 bits per heavy atom. The average molecular weight is 138 g/mol. The summed E-state index contributed by atoms with van der Waals surface area (Å²) in [4.78, 5) is 0. The van der Waals surface area contributed by atoms with Gasteiger partial charge < -0.3 is 10.2 Å². The number of hydrogen-bond acceptors (Lipinski definition) is 2. The van der Waals surface area contributed by atoms with Gasteiger partial charge in [0.05, 0.1) is 0 Å². The van der Waals surface area contributed by atoms with Gasteiger partial charge in [0.25, 0.3) is 5.92 Å². The Bertz CT molecular complexity index is 106. The van der Waals surface area contributed by atoms with Crippen LogP contribution in [0.1, 0.15) is 12.8 Å². The molecule has 1 rings (SSSR count). The molecule has 1 fully saturated rings. The van der Waals surface area contributed by atoms with Gasteiger partial charge >= 0.3 is 0 Å². The molecule has 1 aliphatic rings. The van der Waals surface area contributed by atoms with Crippen molar-refractivity contribution >= 4 is 0 Å². The second-order valence-corrected chi connectivity index (χ2v) is 2.32. The van der Waals surface area contributed by atoms with Crippen molar-refractivity contribution < 1.29 is 19.0 Å². The summed E-state index contributed by atoms with van der Waals surface area (Å²) in [5.41, 5.74) is 0. The third kappa shape index (κ3) is 1.19. The van der Waals surface area contributed by atoms with E-state index in [2.05, 4.69) is 0 Å². The lowest BCUT2D eigenvalue weighted by molar-refractivity contribution is -0.218. The van der Waals surface area contributed by atoms with Crippen LogP contribution in [0.3, 0.4) is 0 Å². The number of rotatable bonds is 2. The van der Waals surface area contributed by atoms with E-state index in [1.165, 1.54) is 0 Å². The highest BCUT2D eigenvalue weighted by molar-refractivity contribution is 4.88. The normalized spacial score (nSPS) is 21.0. The van der Waals surface area contributed by atoms with E-state index in [1.54, 1.807) is 0 Å². The average Bonchev–Trinajstić information content (AvgIpc) is 2.42. The highest BCUT2D eigenvalue weighted by Crippen LogP contribution is 2.44. The summed E-state index contributed by atoms with van der Waals surface area (Å²) in [7, 11) is 0. The van der Waals surface area contributed by atoms with Crippen LogP contribution in [0.15, 0.2) is 0 Å². The molecule has 4 heteroatoms. The van der Waals surface area contributed by atoms with Crippen molar-refractivity contribution in [3.8, 4) is 0 Å². The largest absolute Gasteiger partial charge is 0.363 e. The lowest BCUT2D eigenvalue weighted by Gasteiger charge is -2.16. The second-order valence-electron chi connectivity index (χ2n) is 2.32. The van der Waals surface area contributed by atoms with Crippen LogP contribution in [0.4, 0.5) is 8.78 Å². The van der Waals surface area contributed by atoms with E-state index in [1.807, 2.05) is 0 Å². The smallest absolute Gasteiger partial charge is 0.300 e. The van der Waals surface area contributed by atoms with E-state index in [9.17, 15) is 8.78 Å². The molecule has 0 aromatic heterocycles. The Morgan fingerprint density at radius 1 is 1.33 bits per heavy atom. The molecule has 0 aromatic rings. The molecule has 0 amide bonds. The van der Waals surface area contributed by atoms with Gasteiger partial charge in [0, 0.05) is 5.92 Å². The Labute approximate surface area is 51.1 Å². The van der Waals surface area contributed by atoms with Gasteiger partial charge in [-0.05, 0) is 12.8 Å². The predicted octanol–water partition coefficient (Wildman–Crippen LogP) is 0.342. The van der Waals surface area contributed by atoms with E-state index in [0.717, 1.165) is 0 Å². The van der Waals surface area contributed by atoms with Crippen molar-refractivity contribution in [1.82, 2.24) is 0 Å². The minimum absolute atomic E-state index is 0.407. The minimum atomic E-state index is -3.28. The molecule has 2 N–H and O–H groups in total. The van der Waals surface area contributed by atoms with Crippen LogP contribution >= 0.6 is 0 Å². The Hall–Kier alpha value is -0.220. The number of halogens is 2. The number of alkyl halides is 2. The summed E-state index contributed by atoms with van der Waals surface area (Å²) in [6.45, 7) is 0. The van der Waals surface area contributed by atoms with Crippen molar-refractivity contribution in [3.63, 3.8) is 0 Å². The molecular formula is C5H8F2O2. The van der Waals surface area contributed by atoms with E-state index in [0.29, 0.717) is 12.8 Å². The zero-order valence-corrected chi connectivity index (χ0v) is 4.72. The van der Waals surface area contributed by atoms with E-state index in [-0.39, 0.29) is 0 Å². The number of hydrogen-bond donors (Lipinski definition) is 2. The molecule has 0 spiro atoms. The van der Waals surface area contributed by atoms with Gasteiger partial charge in [-0.15, -0.1) is 0 Å². The van der Waals surface area contributed by atoms with Gasteiger partial charge in [0.2, 0.25) is 6.29 Å². The standard InChI is InChI=1S/C5H8F2O2/c6-5(7,4(8)9)3-1-2-3/h3-4,8-9H,1-2H2. The summed E-state index contributed by atoms with van der Waals surface area (Å²) < 4.78 is 24.5. The summed E-state index contributed by atoms with van der Waals surface area (Å²) >= 11 is 0. The Morgan fingerprint density at radius 2 is 1.78 bits per heavy atom. The van der Waals surface area contributed by atoms with Gasteiger partial charge in [-0.3, -0.25) is 0 Å². The summed E-state index contributed by atoms with van der Waals surface area (Å²) in [6.07, 6.45) is -1.67. The van der Waals surface area contributed by atoms with Crippen molar-refractivity contribution in [2.75, 3.05) is 0 Å². The fourth-order valence-corrected chi connectivity index (χ4v) is 0.679. The lowest BCUT2D eigenvalue weighted by atomic mass is 10.2. The highest BCUT2D eigenvalue weighted by Gasteiger charge is 2.51. The first kappa shape index (κ1) is 6.89. The highest BCUT2D eigenvalue weighted by atomic mass is 19.3. The van der Waals surface area contributed by atoms with Crippen molar-refractivity contribution in [1.29, 1.82) is 0 Å². The van der Waals surface area contributed by atoms with Gasteiger partial charge in [0.1, 0.15) is 0 Å². The molecule has 0 heterocycles. The van der Waals surface area contributed by atoms with E-state index < -0.39 is 18.1 Å². The van der Waals surface area contributed by atoms with Crippen LogP contribution in [0, 0.1) is 5.92 Å². The number of aliphatic hydroxyl groups excluding tert-OH is 1. The molecule has 9 heavy (non-hydrogen) atoms. The fourth-order valence-electron chi connectivity index (χ4n) is 0.679. The summed E-state index contributed by atoms with van der Waals surface area (Å²) in [6, 6.07) is 0. The summed E-state index contributed by atoms with van der Waals surface area (Å²) in [5.74, 6) is -4.07. The maximum absolute atomic E-state index is 12.2. The first-order valence-electron chi connectivity index (χ1n) is 2.79. The Balaban J connectivity index is 2.48. The zero-order valence-electron chi connectivity index (χ0n) is 4.72. The monoisotopic (exact) mass is 138 g/mol. The molecule has 1 saturated carbocycles. The van der Waals surface area contributed by atoms with E-state index in [4.69, 9.17) is 10.2 Å². The first-order chi connectivity index (χ1) is 4.05. The molecule has 0 atom stereocenters. The summed E-state index contributed by atoms with van der Waals surface area (Å²) in [5, 5.41) is 16.2. The fraction of sp³-hybridized carbons (Fsp3) is 1.00. The van der Waals surface area contributed by atoms with Gasteiger partial charge in [0.15, 0.2) is 0 Å². The second kappa shape index (κ2) is 1.88. The van der Waals surface area contributed by atoms with Gasteiger partial charge in [-0.2, -0.15) is 0 Å². The van der Waals surface area contributed by atoms with Gasteiger partial charge in [-0.1, -0.05) is 0 Å². The Kier molecular flexibility index (Phi) is 1.44. The lowest BCUT2D eigenvalue weighted by Crippen LogP contribution is -2.35. The SMILES string of the molecule is OC(O)C(F)(F)C1CC1. The van der Waals surface area contributed by atoms with Gasteiger partial charge in [-0.25, -0.2) is 8.78 Å². The molecule has 2 nitrogen and oxygen atoms in total. The molecule has 0 radical (unpaired) electrons. The van der Waals surface area contributed by atoms with Crippen LogP contribution in [0.5, 0.6) is 0 Å². The minimum Gasteiger partial charge on any atom is -0.363 e. The zero-order chi connectivity index (χ0) is 7.07. The van der Waals surface area contributed by atoms with Crippen LogP contribution < -0.4 is 0 Å². The molecule has 0 aromatic carbocycles. The maximum Gasteiger partial charge on any atom is 0.300 e. The van der Waals surface area contributed by atoms with Crippen molar-refractivity contribution in [2.24, 2.45) is 5.92 Å². The predicted molar refractivity (Wildman–Crippen MR) is 25.9 cm³/mol. The third-order valence-corrected chi connectivity index (χ3v) is 1.47. The molecule has 0 saturated heterocycles. The first-order valence-corrected chi connectivity index (χ1v) is 2.79. The van der Waals surface area contributed by atoms with Crippen LogP contribution in [0.2, 0.25) is 0 Å². The molecule has 0 unspecified atom stereocenters. The topological polar surface area (TPSA) is 40.5 Å². The van der Waals surface area contributed by atoms with E-state index >= 15 is 0 Å². The molecule has 54 valence electrons. The maximum atomic E-state index is 12.2. The quantitative estimate of drug-likeness (QED) is 0.540. The van der Waals surface area contributed by atoms with Crippen LogP contribution in [-0.4, -0.2) is 22.4 Å². The third-order valence-electron chi connectivity index (χ3n) is 1.47. The number of aliphatic hydroxyl groups is 2. The molecule has 1 aliphatic carbocycles. The molecule has 0 bridgehead atoms. The van der Waals surface area contributed by atoms with Crippen molar-refractivity contribution in [2.45, 2.75) is 25.1 Å². The molecule has 0 aliphatic heterocycles. The van der Waals surface area contributed by atoms with Crippen molar-refractivity contribution in [3.05, 3.63) is 0 Å².